The first-order valence-electron chi connectivity index (χ1n) is 8.32. The van der Waals surface area contributed by atoms with E-state index in [4.69, 9.17) is 10.00 Å². The van der Waals surface area contributed by atoms with Crippen molar-refractivity contribution in [3.63, 3.8) is 0 Å². The number of hydrogen-bond acceptors (Lipinski definition) is 6. The molecule has 2 heterocycles. The molecule has 9 heteroatoms. The zero-order valence-electron chi connectivity index (χ0n) is 14.3. The lowest BCUT2D eigenvalue weighted by molar-refractivity contribution is -0.135. The number of carbonyl (C=O) groups excluding carboxylic acids is 3. The van der Waals surface area contributed by atoms with Gasteiger partial charge in [0.05, 0.1) is 4.91 Å². The number of benzene rings is 1. The summed E-state index contributed by atoms with van der Waals surface area (Å²) in [6, 6.07) is 7.05. The van der Waals surface area contributed by atoms with Crippen LogP contribution in [0.1, 0.15) is 18.4 Å². The highest BCUT2D eigenvalue weighted by molar-refractivity contribution is 9.10. The standard InChI is InChI=1S/C18H16BrN3O4S/c19-13-3-4-14(26-8-5-20)12(9-13)10-15-17(24)22(18(25)27-15)11-16(23)21-6-1-2-7-21/h3-4,9-10H,1-2,6-8,11H2/b15-10-. The average Bonchev–Trinajstić information content (AvgIpc) is 3.26. The number of amides is 3. The molecule has 0 bridgehead atoms. The predicted molar refractivity (Wildman–Crippen MR) is 104 cm³/mol. The SMILES string of the molecule is N#CCOc1ccc(Br)cc1/C=C1\SC(=O)N(CC(=O)N2CCCC2)C1=O. The number of hydrogen-bond donors (Lipinski definition) is 0. The summed E-state index contributed by atoms with van der Waals surface area (Å²) in [5.41, 5.74) is 0.566. The third-order valence-electron chi connectivity index (χ3n) is 4.18. The number of carbonyl (C=O) groups is 3. The van der Waals surface area contributed by atoms with E-state index in [1.807, 2.05) is 6.07 Å². The first-order valence-corrected chi connectivity index (χ1v) is 9.93. The van der Waals surface area contributed by atoms with Gasteiger partial charge in [0.15, 0.2) is 6.61 Å². The topological polar surface area (TPSA) is 90.7 Å². The lowest BCUT2D eigenvalue weighted by atomic mass is 10.2. The highest BCUT2D eigenvalue weighted by Crippen LogP contribution is 2.35. The quantitative estimate of drug-likeness (QED) is 0.641. The second-order valence-corrected chi connectivity index (χ2v) is 7.89. The van der Waals surface area contributed by atoms with Crippen molar-refractivity contribution in [2.45, 2.75) is 12.8 Å². The summed E-state index contributed by atoms with van der Waals surface area (Å²) in [6.45, 7) is 0.970. The van der Waals surface area contributed by atoms with Gasteiger partial charge in [-0.05, 0) is 48.9 Å². The van der Waals surface area contributed by atoms with Gasteiger partial charge in [0.2, 0.25) is 5.91 Å². The molecular weight excluding hydrogens is 434 g/mol. The van der Waals surface area contributed by atoms with E-state index in [-0.39, 0.29) is 24.0 Å². The zero-order valence-corrected chi connectivity index (χ0v) is 16.7. The molecule has 0 spiro atoms. The fourth-order valence-corrected chi connectivity index (χ4v) is 4.06. The number of ether oxygens (including phenoxy) is 1. The number of thioether (sulfide) groups is 1. The molecule has 1 aromatic carbocycles. The Labute approximate surface area is 169 Å². The molecule has 0 N–H and O–H groups in total. The Balaban J connectivity index is 1.79. The van der Waals surface area contributed by atoms with Crippen LogP contribution in [-0.2, 0) is 9.59 Å². The molecule has 0 radical (unpaired) electrons. The fraction of sp³-hybridized carbons (Fsp3) is 0.333. The molecular formula is C18H16BrN3O4S. The molecule has 0 unspecified atom stereocenters. The van der Waals surface area contributed by atoms with Crippen molar-refractivity contribution < 1.29 is 19.1 Å². The largest absolute Gasteiger partial charge is 0.478 e. The molecule has 3 amide bonds. The lowest BCUT2D eigenvalue weighted by Crippen LogP contribution is -2.40. The van der Waals surface area contributed by atoms with Crippen molar-refractivity contribution in [3.05, 3.63) is 33.1 Å². The molecule has 0 atom stereocenters. The molecule has 2 fully saturated rings. The van der Waals surface area contributed by atoms with Gasteiger partial charge in [0.1, 0.15) is 18.4 Å². The fourth-order valence-electron chi connectivity index (χ4n) is 2.85. The number of nitriles is 1. The van der Waals surface area contributed by atoms with Crippen molar-refractivity contribution in [3.8, 4) is 11.8 Å². The summed E-state index contributed by atoms with van der Waals surface area (Å²) in [5, 5.41) is 8.23. The molecule has 0 aromatic heterocycles. The van der Waals surface area contributed by atoms with Crippen LogP contribution in [0, 0.1) is 11.3 Å². The third kappa shape index (κ3) is 4.51. The Bertz CT molecular complexity index is 859. The van der Waals surface area contributed by atoms with Crippen molar-refractivity contribution in [2.75, 3.05) is 26.2 Å². The van der Waals surface area contributed by atoms with Crippen LogP contribution in [0.2, 0.25) is 0 Å². The Morgan fingerprint density at radius 2 is 2.07 bits per heavy atom. The van der Waals surface area contributed by atoms with E-state index in [1.54, 1.807) is 29.2 Å². The van der Waals surface area contributed by atoms with Gasteiger partial charge >= 0.3 is 0 Å². The molecule has 1 aromatic rings. The summed E-state index contributed by atoms with van der Waals surface area (Å²) in [4.78, 5) is 40.0. The van der Waals surface area contributed by atoms with Gasteiger partial charge in [-0.15, -0.1) is 0 Å². The smallest absolute Gasteiger partial charge is 0.294 e. The molecule has 2 saturated heterocycles. The van der Waals surface area contributed by atoms with Crippen LogP contribution in [0.3, 0.4) is 0 Å². The van der Waals surface area contributed by atoms with Gasteiger partial charge in [-0.1, -0.05) is 15.9 Å². The van der Waals surface area contributed by atoms with Crippen LogP contribution in [0.15, 0.2) is 27.6 Å². The maximum Gasteiger partial charge on any atom is 0.294 e. The number of likely N-dealkylation sites (tertiary alicyclic amines) is 1. The van der Waals surface area contributed by atoms with Gasteiger partial charge in [0, 0.05) is 23.1 Å². The number of halogens is 1. The van der Waals surface area contributed by atoms with Gasteiger partial charge in [-0.25, -0.2) is 0 Å². The molecule has 0 aliphatic carbocycles. The van der Waals surface area contributed by atoms with E-state index in [9.17, 15) is 14.4 Å². The highest BCUT2D eigenvalue weighted by Gasteiger charge is 2.37. The van der Waals surface area contributed by atoms with Crippen LogP contribution in [0.5, 0.6) is 5.75 Å². The molecule has 2 aliphatic rings. The van der Waals surface area contributed by atoms with E-state index in [0.29, 0.717) is 24.4 Å². The number of rotatable bonds is 5. The van der Waals surface area contributed by atoms with Crippen LogP contribution in [0.25, 0.3) is 6.08 Å². The maximum atomic E-state index is 12.6. The maximum absolute atomic E-state index is 12.6. The first kappa shape index (κ1) is 19.5. The predicted octanol–water partition coefficient (Wildman–Crippen LogP) is 3.01. The average molecular weight is 450 g/mol. The minimum Gasteiger partial charge on any atom is -0.478 e. The zero-order chi connectivity index (χ0) is 19.4. The molecule has 3 rings (SSSR count). The monoisotopic (exact) mass is 449 g/mol. The molecule has 2 aliphatic heterocycles. The van der Waals surface area contributed by atoms with Crippen LogP contribution in [-0.4, -0.2) is 53.1 Å². The van der Waals surface area contributed by atoms with Crippen molar-refractivity contribution in [1.82, 2.24) is 9.80 Å². The Morgan fingerprint density at radius 3 is 2.78 bits per heavy atom. The van der Waals surface area contributed by atoms with E-state index in [1.165, 1.54) is 0 Å². The second-order valence-electron chi connectivity index (χ2n) is 5.98. The first-order chi connectivity index (χ1) is 13.0. The molecule has 27 heavy (non-hydrogen) atoms. The van der Waals surface area contributed by atoms with E-state index in [2.05, 4.69) is 15.9 Å². The molecule has 0 saturated carbocycles. The van der Waals surface area contributed by atoms with Crippen molar-refractivity contribution in [2.24, 2.45) is 0 Å². The van der Waals surface area contributed by atoms with E-state index in [0.717, 1.165) is 34.0 Å². The van der Waals surface area contributed by atoms with Gasteiger partial charge in [-0.2, -0.15) is 5.26 Å². The molecule has 140 valence electrons. The number of nitrogens with zero attached hydrogens (tertiary/aromatic N) is 3. The summed E-state index contributed by atoms with van der Waals surface area (Å²) in [5.74, 6) is -0.278. The highest BCUT2D eigenvalue weighted by atomic mass is 79.9. The minimum absolute atomic E-state index is 0.131. The second kappa shape index (κ2) is 8.59. The third-order valence-corrected chi connectivity index (χ3v) is 5.58. The van der Waals surface area contributed by atoms with Crippen LogP contribution in [0.4, 0.5) is 4.79 Å². The van der Waals surface area contributed by atoms with Crippen molar-refractivity contribution in [1.29, 1.82) is 5.26 Å². The van der Waals surface area contributed by atoms with E-state index >= 15 is 0 Å². The minimum atomic E-state index is -0.497. The Kier molecular flexibility index (Phi) is 6.19. The summed E-state index contributed by atoms with van der Waals surface area (Å²) in [7, 11) is 0. The van der Waals surface area contributed by atoms with Gasteiger partial charge < -0.3 is 9.64 Å². The lowest BCUT2D eigenvalue weighted by Gasteiger charge is -2.18. The number of imide groups is 1. The Morgan fingerprint density at radius 1 is 1.33 bits per heavy atom. The summed E-state index contributed by atoms with van der Waals surface area (Å²) >= 11 is 4.15. The van der Waals surface area contributed by atoms with Crippen molar-refractivity contribution >= 4 is 50.8 Å². The summed E-state index contributed by atoms with van der Waals surface area (Å²) in [6.07, 6.45) is 3.44. The van der Waals surface area contributed by atoms with Crippen LogP contribution < -0.4 is 4.74 Å². The normalized spacial score (nSPS) is 18.3. The van der Waals surface area contributed by atoms with Gasteiger partial charge in [0.25, 0.3) is 11.1 Å². The summed E-state index contributed by atoms with van der Waals surface area (Å²) < 4.78 is 6.13. The van der Waals surface area contributed by atoms with Crippen LogP contribution >= 0.6 is 27.7 Å². The van der Waals surface area contributed by atoms with Gasteiger partial charge in [-0.3, -0.25) is 19.3 Å². The Hall–Kier alpha value is -2.31. The van der Waals surface area contributed by atoms with E-state index < -0.39 is 11.1 Å². The molecule has 7 nitrogen and oxygen atoms in total.